The Morgan fingerprint density at radius 2 is 1.77 bits per heavy atom. The molecule has 6 heterocycles. The zero-order chi connectivity index (χ0) is 28.0. The number of hydrogen-bond donors (Lipinski definition) is 2. The molecule has 3 fully saturated rings. The largest absolute Gasteiger partial charge is 0.381 e. The van der Waals surface area contributed by atoms with Crippen LogP contribution in [-0.4, -0.2) is 108 Å². The predicted octanol–water partition coefficient (Wildman–Crippen LogP) is -0.745. The molecule has 15 heteroatoms. The molecule has 0 aliphatic carbocycles. The van der Waals surface area contributed by atoms with E-state index in [1.165, 1.54) is 14.0 Å². The van der Waals surface area contributed by atoms with Gasteiger partial charge in [0.15, 0.2) is 30.9 Å². The minimum Gasteiger partial charge on any atom is -0.381 e. The van der Waals surface area contributed by atoms with Crippen molar-refractivity contribution in [1.82, 2.24) is 29.4 Å². The molecule has 210 valence electrons. The lowest BCUT2D eigenvalue weighted by Crippen LogP contribution is -2.58. The van der Waals surface area contributed by atoms with Gasteiger partial charge in [0.1, 0.15) is 11.3 Å². The number of aromatic nitrogens is 4. The molecule has 3 N–H and O–H groups in total. The van der Waals surface area contributed by atoms with E-state index in [-0.39, 0.29) is 45.8 Å². The average Bonchev–Trinajstić information content (AvgIpc) is 3.22. The van der Waals surface area contributed by atoms with Crippen LogP contribution in [0.15, 0.2) is 18.6 Å². The van der Waals surface area contributed by atoms with Crippen LogP contribution in [0.1, 0.15) is 23.2 Å². The third-order valence-corrected chi connectivity index (χ3v) is 8.04. The minimum absolute atomic E-state index is 0.0486. The van der Waals surface area contributed by atoms with E-state index in [2.05, 4.69) is 25.3 Å². The SMILES string of the molecule is Bc1nc2c(C(=O)Nc3cncc(F)c3N3CCC(C(=O)N4CCN(C5COC5)CC4)CC3)c(N)nn2cc1F. The molecule has 0 radical (unpaired) electrons. The van der Waals surface area contributed by atoms with E-state index < -0.39 is 17.5 Å². The number of nitrogen functional groups attached to an aromatic ring is 1. The first-order chi connectivity index (χ1) is 19.3. The monoisotopic (exact) mass is 553 g/mol. The van der Waals surface area contributed by atoms with Crippen LogP contribution in [0.5, 0.6) is 0 Å². The summed E-state index contributed by atoms with van der Waals surface area (Å²) in [7, 11) is 1.47. The van der Waals surface area contributed by atoms with Crippen LogP contribution < -0.4 is 21.5 Å². The maximum absolute atomic E-state index is 15.1. The topological polar surface area (TPSA) is 134 Å². The highest BCUT2D eigenvalue weighted by atomic mass is 19.1. The predicted molar refractivity (Wildman–Crippen MR) is 145 cm³/mol. The van der Waals surface area contributed by atoms with E-state index in [1.807, 2.05) is 9.80 Å². The van der Waals surface area contributed by atoms with Crippen LogP contribution >= 0.6 is 0 Å². The fourth-order valence-corrected chi connectivity index (χ4v) is 5.65. The van der Waals surface area contributed by atoms with Crippen LogP contribution in [0.25, 0.3) is 5.65 Å². The van der Waals surface area contributed by atoms with E-state index in [0.717, 1.165) is 43.2 Å². The van der Waals surface area contributed by atoms with Crippen molar-refractivity contribution in [2.45, 2.75) is 18.9 Å². The molecule has 0 spiro atoms. The van der Waals surface area contributed by atoms with E-state index in [4.69, 9.17) is 10.5 Å². The highest BCUT2D eigenvalue weighted by Crippen LogP contribution is 2.33. The molecule has 2 amide bonds. The number of piperidine rings is 1. The number of ether oxygens (including phenoxy) is 1. The molecule has 0 aromatic carbocycles. The second-order valence-electron chi connectivity index (χ2n) is 10.5. The van der Waals surface area contributed by atoms with Gasteiger partial charge in [-0.05, 0) is 12.8 Å². The summed E-state index contributed by atoms with van der Waals surface area (Å²) < 4.78 is 35.4. The minimum atomic E-state index is -0.669. The van der Waals surface area contributed by atoms with Crippen LogP contribution in [0.4, 0.5) is 26.0 Å². The van der Waals surface area contributed by atoms with Crippen molar-refractivity contribution >= 4 is 48.1 Å². The molecule has 0 unspecified atom stereocenters. The molecule has 6 rings (SSSR count). The normalized spacial score (nSPS) is 19.1. The number of amides is 2. The van der Waals surface area contributed by atoms with Gasteiger partial charge in [-0.15, -0.1) is 5.10 Å². The Morgan fingerprint density at radius 1 is 1.05 bits per heavy atom. The van der Waals surface area contributed by atoms with Gasteiger partial charge in [-0.3, -0.25) is 19.5 Å². The molecule has 40 heavy (non-hydrogen) atoms. The van der Waals surface area contributed by atoms with Crippen molar-refractivity contribution in [2.75, 3.05) is 68.4 Å². The highest BCUT2D eigenvalue weighted by Gasteiger charge is 2.34. The van der Waals surface area contributed by atoms with Gasteiger partial charge in [-0.1, -0.05) is 0 Å². The van der Waals surface area contributed by atoms with Crippen LogP contribution in [0.3, 0.4) is 0 Å². The number of nitrogens with two attached hydrogens (primary N) is 1. The number of anilines is 3. The van der Waals surface area contributed by atoms with Crippen molar-refractivity contribution < 1.29 is 23.1 Å². The number of halogens is 2. The van der Waals surface area contributed by atoms with Crippen molar-refractivity contribution in [3.05, 3.63) is 35.8 Å². The smallest absolute Gasteiger partial charge is 0.263 e. The van der Waals surface area contributed by atoms with Crippen molar-refractivity contribution in [2.24, 2.45) is 5.92 Å². The fraction of sp³-hybridized carbons (Fsp3) is 0.480. The van der Waals surface area contributed by atoms with Gasteiger partial charge in [0.25, 0.3) is 5.91 Å². The summed E-state index contributed by atoms with van der Waals surface area (Å²) in [6, 6.07) is 0.470. The summed E-state index contributed by atoms with van der Waals surface area (Å²) in [5.74, 6) is -1.98. The Kier molecular flexibility index (Phi) is 7.00. The highest BCUT2D eigenvalue weighted by molar-refractivity contribution is 6.31. The summed E-state index contributed by atoms with van der Waals surface area (Å²) in [6.07, 6.45) is 4.68. The lowest BCUT2D eigenvalue weighted by molar-refractivity contribution is -0.140. The second kappa shape index (κ2) is 10.6. The lowest BCUT2D eigenvalue weighted by atomic mass is 9.94. The van der Waals surface area contributed by atoms with Gasteiger partial charge in [-0.2, -0.15) is 0 Å². The van der Waals surface area contributed by atoms with Crippen molar-refractivity contribution in [3.8, 4) is 0 Å². The molecule has 12 nitrogen and oxygen atoms in total. The lowest BCUT2D eigenvalue weighted by Gasteiger charge is -2.43. The molecular formula is C25H30BF2N9O3. The number of fused-ring (bicyclic) bond motifs is 1. The van der Waals surface area contributed by atoms with E-state index in [9.17, 15) is 14.0 Å². The number of piperazine rings is 1. The Hall–Kier alpha value is -3.85. The van der Waals surface area contributed by atoms with Gasteiger partial charge < -0.3 is 25.6 Å². The maximum Gasteiger partial charge on any atom is 0.263 e. The number of carbonyl (C=O) groups excluding carboxylic acids is 2. The molecule has 0 bridgehead atoms. The van der Waals surface area contributed by atoms with Gasteiger partial charge in [0, 0.05) is 50.8 Å². The molecule has 3 saturated heterocycles. The van der Waals surface area contributed by atoms with Crippen molar-refractivity contribution in [1.29, 1.82) is 0 Å². The molecule has 3 aliphatic heterocycles. The van der Waals surface area contributed by atoms with Crippen LogP contribution in [-0.2, 0) is 9.53 Å². The van der Waals surface area contributed by atoms with Crippen LogP contribution in [0, 0.1) is 17.6 Å². The summed E-state index contributed by atoms with van der Waals surface area (Å²) in [4.78, 5) is 40.6. The Bertz CT molecular complexity index is 1450. The Morgan fingerprint density at radius 3 is 2.45 bits per heavy atom. The number of pyridine rings is 1. The second-order valence-corrected chi connectivity index (χ2v) is 10.5. The summed E-state index contributed by atoms with van der Waals surface area (Å²) in [5, 5.41) is 6.67. The zero-order valence-electron chi connectivity index (χ0n) is 22.1. The standard InChI is InChI=1S/C25H30BF2N9O3/c26-21-17(28)11-37-23(32-21)19(22(29)33-37)24(38)31-18-10-30-9-16(27)20(18)35-3-1-14(2-4-35)25(39)36-7-5-34(6-8-36)15-12-40-13-15/h9-11,14-15H,1-8,12-13,26H2,(H2,29,33)(H,31,38). The van der Waals surface area contributed by atoms with E-state index >= 15 is 4.39 Å². The molecular weight excluding hydrogens is 523 g/mol. The number of hydrogen-bond acceptors (Lipinski definition) is 9. The number of nitrogens with zero attached hydrogens (tertiary/aromatic N) is 7. The first kappa shape index (κ1) is 26.4. The fourth-order valence-electron chi connectivity index (χ4n) is 5.65. The molecule has 3 aromatic heterocycles. The van der Waals surface area contributed by atoms with E-state index in [0.29, 0.717) is 45.1 Å². The van der Waals surface area contributed by atoms with Crippen LogP contribution in [0.2, 0.25) is 0 Å². The molecule has 3 aliphatic rings. The third-order valence-electron chi connectivity index (χ3n) is 8.04. The van der Waals surface area contributed by atoms with Gasteiger partial charge in [0.2, 0.25) is 5.91 Å². The van der Waals surface area contributed by atoms with Crippen molar-refractivity contribution in [3.63, 3.8) is 0 Å². The summed E-state index contributed by atoms with van der Waals surface area (Å²) >= 11 is 0. The third kappa shape index (κ3) is 4.83. The number of nitrogens with one attached hydrogen (secondary N) is 1. The zero-order valence-corrected chi connectivity index (χ0v) is 22.1. The Labute approximate surface area is 229 Å². The average molecular weight is 553 g/mol. The van der Waals surface area contributed by atoms with Gasteiger partial charge >= 0.3 is 0 Å². The molecule has 0 saturated carbocycles. The first-order valence-electron chi connectivity index (χ1n) is 13.4. The number of carbonyl (C=O) groups is 2. The quantitative estimate of drug-likeness (QED) is 0.392. The van der Waals surface area contributed by atoms with Gasteiger partial charge in [0.05, 0.1) is 43.5 Å². The Balaban J connectivity index is 1.13. The van der Waals surface area contributed by atoms with Gasteiger partial charge in [-0.25, -0.2) is 18.3 Å². The van der Waals surface area contributed by atoms with E-state index in [1.54, 1.807) is 0 Å². The number of rotatable bonds is 5. The summed E-state index contributed by atoms with van der Waals surface area (Å²) in [5.41, 5.74) is 6.42. The molecule has 3 aromatic rings. The molecule has 0 atom stereocenters. The maximum atomic E-state index is 15.1. The first-order valence-corrected chi connectivity index (χ1v) is 13.4. The summed E-state index contributed by atoms with van der Waals surface area (Å²) in [6.45, 7) is 5.54.